The number of amides is 3. The number of rotatable bonds is 5. The topological polar surface area (TPSA) is 108 Å². The normalized spacial score (nSPS) is 12.8. The molecule has 4 N–H and O–H groups in total. The maximum absolute atomic E-state index is 11.3. The molecule has 94 valence electrons. The lowest BCUT2D eigenvalue weighted by molar-refractivity contribution is -0.139. The molecular formula is C10H15N3O4. The number of hydrogen-bond donors (Lipinski definition) is 4. The van der Waals surface area contributed by atoms with Crippen molar-refractivity contribution in [2.75, 3.05) is 7.05 Å². The SMILES string of the molecule is C#CCC(NC(=O)NC(C)C(=O)NC)C(=O)O. The van der Waals surface area contributed by atoms with Crippen molar-refractivity contribution in [3.05, 3.63) is 0 Å². The molecule has 7 heteroatoms. The lowest BCUT2D eigenvalue weighted by Gasteiger charge is -2.16. The van der Waals surface area contributed by atoms with E-state index in [1.54, 1.807) is 0 Å². The molecule has 0 saturated carbocycles. The van der Waals surface area contributed by atoms with Gasteiger partial charge in [-0.05, 0) is 6.92 Å². The molecule has 0 saturated heterocycles. The molecule has 0 spiro atoms. The molecule has 0 radical (unpaired) electrons. The van der Waals surface area contributed by atoms with E-state index in [-0.39, 0.29) is 12.3 Å². The Kier molecular flexibility index (Phi) is 6.18. The highest BCUT2D eigenvalue weighted by atomic mass is 16.4. The van der Waals surface area contributed by atoms with E-state index in [0.29, 0.717) is 0 Å². The smallest absolute Gasteiger partial charge is 0.327 e. The zero-order valence-corrected chi connectivity index (χ0v) is 9.61. The van der Waals surface area contributed by atoms with Gasteiger partial charge in [0.25, 0.3) is 0 Å². The third kappa shape index (κ3) is 5.41. The fourth-order valence-corrected chi connectivity index (χ4v) is 0.997. The summed E-state index contributed by atoms with van der Waals surface area (Å²) in [6.45, 7) is 1.47. The van der Waals surface area contributed by atoms with Crippen molar-refractivity contribution in [2.24, 2.45) is 0 Å². The predicted octanol–water partition coefficient (Wildman–Crippen LogP) is -1.10. The summed E-state index contributed by atoms with van der Waals surface area (Å²) in [6.07, 6.45) is 4.84. The van der Waals surface area contributed by atoms with Crippen molar-refractivity contribution < 1.29 is 19.5 Å². The van der Waals surface area contributed by atoms with Gasteiger partial charge < -0.3 is 21.1 Å². The molecular weight excluding hydrogens is 226 g/mol. The number of carboxylic acid groups (broad SMARTS) is 1. The Hall–Kier alpha value is -2.23. The average Bonchev–Trinajstić information content (AvgIpc) is 2.26. The number of terminal acetylenes is 1. The number of likely N-dealkylation sites (N-methyl/N-ethyl adjacent to an activating group) is 1. The first-order chi connectivity index (χ1) is 7.92. The van der Waals surface area contributed by atoms with Crippen molar-refractivity contribution in [1.29, 1.82) is 0 Å². The van der Waals surface area contributed by atoms with Crippen LogP contribution in [0.5, 0.6) is 0 Å². The highest BCUT2D eigenvalue weighted by Crippen LogP contribution is 1.91. The number of carboxylic acids is 1. The van der Waals surface area contributed by atoms with Crippen molar-refractivity contribution in [3.63, 3.8) is 0 Å². The van der Waals surface area contributed by atoms with Crippen LogP contribution in [0.1, 0.15) is 13.3 Å². The van der Waals surface area contributed by atoms with Crippen LogP contribution in [0, 0.1) is 12.3 Å². The van der Waals surface area contributed by atoms with Crippen molar-refractivity contribution >= 4 is 17.9 Å². The van der Waals surface area contributed by atoms with Gasteiger partial charge in [0.2, 0.25) is 5.91 Å². The monoisotopic (exact) mass is 241 g/mol. The van der Waals surface area contributed by atoms with Crippen molar-refractivity contribution in [2.45, 2.75) is 25.4 Å². The molecule has 0 aromatic heterocycles. The second-order valence-electron chi connectivity index (χ2n) is 3.25. The van der Waals surface area contributed by atoms with Crippen molar-refractivity contribution in [3.8, 4) is 12.3 Å². The Morgan fingerprint density at radius 1 is 1.35 bits per heavy atom. The van der Waals surface area contributed by atoms with Crippen LogP contribution in [0.4, 0.5) is 4.79 Å². The zero-order chi connectivity index (χ0) is 13.4. The summed E-state index contributed by atoms with van der Waals surface area (Å²) in [7, 11) is 1.43. The summed E-state index contributed by atoms with van der Waals surface area (Å²) >= 11 is 0. The van der Waals surface area contributed by atoms with Gasteiger partial charge in [0, 0.05) is 13.5 Å². The highest BCUT2D eigenvalue weighted by molar-refractivity contribution is 5.88. The molecule has 0 aromatic carbocycles. The minimum absolute atomic E-state index is 0.128. The van der Waals surface area contributed by atoms with Crippen LogP contribution in [0.25, 0.3) is 0 Å². The molecule has 0 heterocycles. The Morgan fingerprint density at radius 2 is 1.94 bits per heavy atom. The minimum Gasteiger partial charge on any atom is -0.480 e. The molecule has 0 rings (SSSR count). The van der Waals surface area contributed by atoms with Crippen LogP contribution in [-0.2, 0) is 9.59 Å². The molecule has 2 unspecified atom stereocenters. The van der Waals surface area contributed by atoms with E-state index in [0.717, 1.165) is 0 Å². The number of aliphatic carboxylic acids is 1. The standard InChI is InChI=1S/C10H15N3O4/c1-4-5-7(9(15)16)13-10(17)12-6(2)8(14)11-3/h1,6-7H,5H2,2-3H3,(H,11,14)(H,15,16)(H2,12,13,17). The van der Waals surface area contributed by atoms with E-state index in [4.69, 9.17) is 11.5 Å². The summed E-state index contributed by atoms with van der Waals surface area (Å²) in [5.74, 6) is 0.523. The largest absolute Gasteiger partial charge is 0.480 e. The van der Waals surface area contributed by atoms with E-state index in [9.17, 15) is 14.4 Å². The molecule has 7 nitrogen and oxygen atoms in total. The van der Waals surface area contributed by atoms with Crippen LogP contribution < -0.4 is 16.0 Å². The summed E-state index contributed by atoms with van der Waals surface area (Å²) < 4.78 is 0. The number of hydrogen-bond acceptors (Lipinski definition) is 3. The molecule has 0 aliphatic rings. The molecule has 0 aliphatic heterocycles. The first kappa shape index (κ1) is 14.8. The fourth-order valence-electron chi connectivity index (χ4n) is 0.997. The molecule has 3 amide bonds. The van der Waals surface area contributed by atoms with Gasteiger partial charge in [-0.3, -0.25) is 4.79 Å². The molecule has 2 atom stereocenters. The molecule has 0 fully saturated rings. The number of nitrogens with one attached hydrogen (secondary N) is 3. The predicted molar refractivity (Wildman–Crippen MR) is 60.1 cm³/mol. The second kappa shape index (κ2) is 7.11. The van der Waals surface area contributed by atoms with Crippen LogP contribution >= 0.6 is 0 Å². The summed E-state index contributed by atoms with van der Waals surface area (Å²) in [5.41, 5.74) is 0. The summed E-state index contributed by atoms with van der Waals surface area (Å²) in [4.78, 5) is 33.1. The second-order valence-corrected chi connectivity index (χ2v) is 3.25. The van der Waals surface area contributed by atoms with Gasteiger partial charge in [-0.1, -0.05) is 0 Å². The van der Waals surface area contributed by atoms with E-state index in [2.05, 4.69) is 21.9 Å². The van der Waals surface area contributed by atoms with Gasteiger partial charge in [-0.15, -0.1) is 12.3 Å². The van der Waals surface area contributed by atoms with Crippen LogP contribution in [0.15, 0.2) is 0 Å². The van der Waals surface area contributed by atoms with E-state index in [1.807, 2.05) is 0 Å². The maximum Gasteiger partial charge on any atom is 0.327 e. The minimum atomic E-state index is -1.23. The third-order valence-electron chi connectivity index (χ3n) is 1.91. The van der Waals surface area contributed by atoms with Gasteiger partial charge in [0.1, 0.15) is 12.1 Å². The Bertz CT molecular complexity index is 348. The number of urea groups is 1. The van der Waals surface area contributed by atoms with Gasteiger partial charge in [0.05, 0.1) is 0 Å². The molecule has 0 bridgehead atoms. The Labute approximate surface area is 99.0 Å². The lowest BCUT2D eigenvalue weighted by Crippen LogP contribution is -2.51. The van der Waals surface area contributed by atoms with E-state index >= 15 is 0 Å². The summed E-state index contributed by atoms with van der Waals surface area (Å²) in [5, 5.41) is 15.5. The highest BCUT2D eigenvalue weighted by Gasteiger charge is 2.20. The van der Waals surface area contributed by atoms with Crippen LogP contribution in [0.2, 0.25) is 0 Å². The Balaban J connectivity index is 4.29. The maximum atomic E-state index is 11.3. The zero-order valence-electron chi connectivity index (χ0n) is 9.61. The van der Waals surface area contributed by atoms with Crippen molar-refractivity contribution in [1.82, 2.24) is 16.0 Å². The fraction of sp³-hybridized carbons (Fsp3) is 0.500. The first-order valence-corrected chi connectivity index (χ1v) is 4.87. The van der Waals surface area contributed by atoms with Crippen LogP contribution in [-0.4, -0.2) is 42.1 Å². The number of carbonyl (C=O) groups excluding carboxylic acids is 2. The van der Waals surface area contributed by atoms with Gasteiger partial charge >= 0.3 is 12.0 Å². The average molecular weight is 241 g/mol. The van der Waals surface area contributed by atoms with Crippen LogP contribution in [0.3, 0.4) is 0 Å². The lowest BCUT2D eigenvalue weighted by atomic mass is 10.2. The molecule has 0 aliphatic carbocycles. The number of carbonyl (C=O) groups is 3. The first-order valence-electron chi connectivity index (χ1n) is 4.87. The van der Waals surface area contributed by atoms with E-state index < -0.39 is 24.1 Å². The van der Waals surface area contributed by atoms with Gasteiger partial charge in [-0.25, -0.2) is 9.59 Å². The Morgan fingerprint density at radius 3 is 2.35 bits per heavy atom. The quantitative estimate of drug-likeness (QED) is 0.458. The summed E-state index contributed by atoms with van der Waals surface area (Å²) in [6, 6.07) is -2.69. The van der Waals surface area contributed by atoms with E-state index in [1.165, 1.54) is 14.0 Å². The third-order valence-corrected chi connectivity index (χ3v) is 1.91. The van der Waals surface area contributed by atoms with Gasteiger partial charge in [-0.2, -0.15) is 0 Å². The molecule has 17 heavy (non-hydrogen) atoms. The molecule has 0 aromatic rings. The van der Waals surface area contributed by atoms with Gasteiger partial charge in [0.15, 0.2) is 0 Å².